The summed E-state index contributed by atoms with van der Waals surface area (Å²) in [5, 5.41) is 13.8. The van der Waals surface area contributed by atoms with Crippen LogP contribution in [0.2, 0.25) is 0 Å². The second-order valence-corrected chi connectivity index (χ2v) is 10.5. The van der Waals surface area contributed by atoms with Gasteiger partial charge in [-0.25, -0.2) is 4.79 Å². The highest BCUT2D eigenvalue weighted by Crippen LogP contribution is 2.41. The van der Waals surface area contributed by atoms with Crippen LogP contribution in [0.1, 0.15) is 53.2 Å². The predicted molar refractivity (Wildman–Crippen MR) is 158 cm³/mol. The zero-order chi connectivity index (χ0) is 28.9. The van der Waals surface area contributed by atoms with Crippen molar-refractivity contribution in [2.75, 3.05) is 18.1 Å². The smallest absolute Gasteiger partial charge is 0.335 e. The molecule has 5 rings (SSSR count). The van der Waals surface area contributed by atoms with Crippen molar-refractivity contribution in [2.45, 2.75) is 52.7 Å². The lowest BCUT2D eigenvalue weighted by Crippen LogP contribution is -2.32. The SMILES string of the molecule is Cc1cccc(OCCCC(=O)N2CCC(C)Oc3c(-c4cnn(Cc5cccc(C(=O)O)c5)c4)cccc32)c1C. The van der Waals surface area contributed by atoms with E-state index in [4.69, 9.17) is 9.47 Å². The molecule has 41 heavy (non-hydrogen) atoms. The molecule has 0 radical (unpaired) electrons. The maximum absolute atomic E-state index is 13.4. The fourth-order valence-electron chi connectivity index (χ4n) is 5.04. The summed E-state index contributed by atoms with van der Waals surface area (Å²) < 4.78 is 14.1. The van der Waals surface area contributed by atoms with E-state index in [1.807, 2.05) is 61.3 Å². The van der Waals surface area contributed by atoms with Gasteiger partial charge in [0, 0.05) is 36.7 Å². The molecule has 2 heterocycles. The molecule has 1 aliphatic heterocycles. The molecule has 1 unspecified atom stereocenters. The van der Waals surface area contributed by atoms with Crippen LogP contribution in [-0.4, -0.2) is 46.0 Å². The fraction of sp³-hybridized carbons (Fsp3) is 0.303. The van der Waals surface area contributed by atoms with Crippen molar-refractivity contribution in [3.8, 4) is 22.6 Å². The molecule has 1 amide bonds. The number of ether oxygens (including phenoxy) is 2. The number of rotatable bonds is 9. The third-order valence-electron chi connectivity index (χ3n) is 7.47. The first kappa shape index (κ1) is 28.0. The highest BCUT2D eigenvalue weighted by Gasteiger charge is 2.27. The number of fused-ring (bicyclic) bond motifs is 1. The maximum atomic E-state index is 13.4. The van der Waals surface area contributed by atoms with Crippen molar-refractivity contribution in [3.63, 3.8) is 0 Å². The normalized spacial score (nSPS) is 14.6. The zero-order valence-corrected chi connectivity index (χ0v) is 23.7. The van der Waals surface area contributed by atoms with Gasteiger partial charge in [0.1, 0.15) is 5.75 Å². The van der Waals surface area contributed by atoms with Crippen molar-refractivity contribution in [2.24, 2.45) is 0 Å². The zero-order valence-electron chi connectivity index (χ0n) is 23.7. The van der Waals surface area contributed by atoms with Crippen LogP contribution >= 0.6 is 0 Å². The molecule has 3 aromatic carbocycles. The standard InChI is InChI=1S/C33H35N3O5/c1-22-8-4-13-30(24(22)3)40-17-7-14-31(37)36-16-15-23(2)41-32-28(11-6-12-29(32)36)27-19-34-35(21-27)20-25-9-5-10-26(18-25)33(38)39/h4-6,8-13,18-19,21,23H,7,14-17,20H2,1-3H3,(H,38,39). The van der Waals surface area contributed by atoms with Crippen molar-refractivity contribution in [1.82, 2.24) is 9.78 Å². The molecule has 4 aromatic rings. The summed E-state index contributed by atoms with van der Waals surface area (Å²) in [4.78, 5) is 26.6. The van der Waals surface area contributed by atoms with Crippen molar-refractivity contribution in [3.05, 3.63) is 95.3 Å². The molecular formula is C33H35N3O5. The first-order chi connectivity index (χ1) is 19.8. The summed E-state index contributed by atoms with van der Waals surface area (Å²) in [7, 11) is 0. The van der Waals surface area contributed by atoms with Gasteiger partial charge in [-0.3, -0.25) is 9.48 Å². The largest absolute Gasteiger partial charge is 0.493 e. The van der Waals surface area contributed by atoms with Crippen LogP contribution in [0.25, 0.3) is 11.1 Å². The molecule has 1 N–H and O–H groups in total. The van der Waals surface area contributed by atoms with Gasteiger partial charge < -0.3 is 19.5 Å². The Morgan fingerprint density at radius 2 is 1.90 bits per heavy atom. The molecule has 0 fully saturated rings. The van der Waals surface area contributed by atoms with E-state index in [9.17, 15) is 14.7 Å². The Morgan fingerprint density at radius 3 is 2.73 bits per heavy atom. The summed E-state index contributed by atoms with van der Waals surface area (Å²) in [5.41, 5.74) is 5.87. The number of aryl methyl sites for hydroxylation is 1. The molecule has 0 aliphatic carbocycles. The number of anilines is 1. The van der Waals surface area contributed by atoms with Gasteiger partial charge in [-0.1, -0.05) is 36.4 Å². The highest BCUT2D eigenvalue weighted by atomic mass is 16.5. The maximum Gasteiger partial charge on any atom is 0.335 e. The molecular weight excluding hydrogens is 518 g/mol. The number of carbonyl (C=O) groups excluding carboxylic acids is 1. The lowest BCUT2D eigenvalue weighted by atomic mass is 10.1. The first-order valence-electron chi connectivity index (χ1n) is 13.9. The van der Waals surface area contributed by atoms with Crippen LogP contribution in [0.5, 0.6) is 11.5 Å². The second kappa shape index (κ2) is 12.3. The van der Waals surface area contributed by atoms with Crippen LogP contribution in [0.3, 0.4) is 0 Å². The first-order valence-corrected chi connectivity index (χ1v) is 13.9. The number of aromatic nitrogens is 2. The minimum atomic E-state index is -0.959. The van der Waals surface area contributed by atoms with Crippen molar-refractivity contribution in [1.29, 1.82) is 0 Å². The van der Waals surface area contributed by atoms with Gasteiger partial charge in [0.2, 0.25) is 5.91 Å². The lowest BCUT2D eigenvalue weighted by Gasteiger charge is -2.23. The monoisotopic (exact) mass is 553 g/mol. The van der Waals surface area contributed by atoms with Crippen LogP contribution in [0.15, 0.2) is 73.1 Å². The van der Waals surface area contributed by atoms with Gasteiger partial charge in [-0.2, -0.15) is 5.10 Å². The number of carboxylic acids is 1. The molecule has 0 bridgehead atoms. The summed E-state index contributed by atoms with van der Waals surface area (Å²) in [6.45, 7) is 7.60. The van der Waals surface area contributed by atoms with Crippen LogP contribution in [-0.2, 0) is 11.3 Å². The second-order valence-electron chi connectivity index (χ2n) is 10.5. The Bertz CT molecular complexity index is 1560. The van der Waals surface area contributed by atoms with E-state index in [0.717, 1.165) is 40.1 Å². The Hall–Kier alpha value is -4.59. The fourth-order valence-corrected chi connectivity index (χ4v) is 5.04. The Kier molecular flexibility index (Phi) is 8.38. The highest BCUT2D eigenvalue weighted by molar-refractivity contribution is 5.97. The van der Waals surface area contributed by atoms with Gasteiger partial charge in [0.25, 0.3) is 0 Å². The Balaban J connectivity index is 1.31. The van der Waals surface area contributed by atoms with Gasteiger partial charge >= 0.3 is 5.97 Å². The third kappa shape index (κ3) is 6.43. The van der Waals surface area contributed by atoms with Crippen LogP contribution in [0, 0.1) is 13.8 Å². The summed E-state index contributed by atoms with van der Waals surface area (Å²) >= 11 is 0. The van der Waals surface area contributed by atoms with Crippen molar-refractivity contribution < 1.29 is 24.2 Å². The predicted octanol–water partition coefficient (Wildman–Crippen LogP) is 6.28. The minimum absolute atomic E-state index is 0.0414. The quantitative estimate of drug-likeness (QED) is 0.245. The van der Waals surface area contributed by atoms with E-state index in [2.05, 4.69) is 18.1 Å². The minimum Gasteiger partial charge on any atom is -0.493 e. The topological polar surface area (TPSA) is 93.9 Å². The molecule has 212 valence electrons. The number of carboxylic acid groups (broad SMARTS) is 1. The van der Waals surface area contributed by atoms with E-state index < -0.39 is 5.97 Å². The van der Waals surface area contributed by atoms with Gasteiger partial charge in [0.15, 0.2) is 5.75 Å². The molecule has 1 atom stereocenters. The van der Waals surface area contributed by atoms with E-state index in [-0.39, 0.29) is 17.6 Å². The molecule has 0 spiro atoms. The summed E-state index contributed by atoms with van der Waals surface area (Å²) in [5.74, 6) is 0.614. The number of carbonyl (C=O) groups is 2. The number of aromatic carboxylic acids is 1. The van der Waals surface area contributed by atoms with E-state index in [1.54, 1.807) is 29.1 Å². The number of para-hydroxylation sites is 1. The number of hydrogen-bond donors (Lipinski definition) is 1. The molecule has 1 aromatic heterocycles. The molecule has 0 saturated carbocycles. The number of benzene rings is 3. The van der Waals surface area contributed by atoms with E-state index in [0.29, 0.717) is 38.3 Å². The van der Waals surface area contributed by atoms with Crippen molar-refractivity contribution >= 4 is 17.6 Å². The number of amides is 1. The molecule has 8 heteroatoms. The van der Waals surface area contributed by atoms with E-state index in [1.165, 1.54) is 5.56 Å². The third-order valence-corrected chi connectivity index (χ3v) is 7.47. The Labute approximate surface area is 240 Å². The van der Waals surface area contributed by atoms with Gasteiger partial charge in [0.05, 0.1) is 36.7 Å². The van der Waals surface area contributed by atoms with Crippen LogP contribution in [0.4, 0.5) is 5.69 Å². The van der Waals surface area contributed by atoms with Gasteiger partial charge in [-0.15, -0.1) is 0 Å². The molecule has 8 nitrogen and oxygen atoms in total. The average Bonchev–Trinajstić information content (AvgIpc) is 3.34. The average molecular weight is 554 g/mol. The van der Waals surface area contributed by atoms with Gasteiger partial charge in [-0.05, 0) is 68.1 Å². The molecule has 0 saturated heterocycles. The van der Waals surface area contributed by atoms with E-state index >= 15 is 0 Å². The number of hydrogen-bond acceptors (Lipinski definition) is 5. The lowest BCUT2D eigenvalue weighted by molar-refractivity contribution is -0.118. The summed E-state index contributed by atoms with van der Waals surface area (Å²) in [6.07, 6.45) is 5.33. The Morgan fingerprint density at radius 1 is 1.10 bits per heavy atom. The molecule has 1 aliphatic rings. The summed E-state index contributed by atoms with van der Waals surface area (Å²) in [6, 6.07) is 18.7. The van der Waals surface area contributed by atoms with Crippen LogP contribution < -0.4 is 14.4 Å². The number of nitrogens with zero attached hydrogens (tertiary/aromatic N) is 3.